The summed E-state index contributed by atoms with van der Waals surface area (Å²) < 4.78 is 37.3. The van der Waals surface area contributed by atoms with E-state index in [1.165, 1.54) is 17.8 Å². The van der Waals surface area contributed by atoms with Gasteiger partial charge in [-0.3, -0.25) is 4.79 Å². The molecule has 118 valence electrons. The summed E-state index contributed by atoms with van der Waals surface area (Å²) in [7, 11) is 0. The second-order valence-corrected chi connectivity index (χ2v) is 6.16. The third-order valence-electron chi connectivity index (χ3n) is 2.72. The van der Waals surface area contributed by atoms with Crippen LogP contribution in [0.25, 0.3) is 0 Å². The highest BCUT2D eigenvalue weighted by atomic mass is 32.2. The lowest BCUT2D eigenvalue weighted by molar-refractivity contribution is -0.137. The third-order valence-corrected chi connectivity index (χ3v) is 3.98. The van der Waals surface area contributed by atoms with Crippen molar-refractivity contribution in [3.05, 3.63) is 23.9 Å². The molecule has 1 rings (SSSR count). The summed E-state index contributed by atoms with van der Waals surface area (Å²) in [6, 6.07) is 2.29. The highest BCUT2D eigenvalue weighted by molar-refractivity contribution is 7.99. The minimum absolute atomic E-state index is 0.0451. The molecule has 0 fully saturated rings. The molecule has 4 nitrogen and oxygen atoms in total. The number of nitrogens with two attached hydrogens (primary N) is 1. The molecular formula is C13H18F3N3OS. The van der Waals surface area contributed by atoms with Crippen molar-refractivity contribution in [2.45, 2.75) is 43.6 Å². The van der Waals surface area contributed by atoms with Crippen molar-refractivity contribution < 1.29 is 18.0 Å². The van der Waals surface area contributed by atoms with E-state index in [-0.39, 0.29) is 11.8 Å². The van der Waals surface area contributed by atoms with E-state index in [4.69, 9.17) is 5.73 Å². The van der Waals surface area contributed by atoms with Gasteiger partial charge >= 0.3 is 6.18 Å². The first-order valence-corrected chi connectivity index (χ1v) is 7.27. The smallest absolute Gasteiger partial charge is 0.368 e. The molecule has 1 unspecified atom stereocenters. The molecule has 0 spiro atoms. The second kappa shape index (κ2) is 6.65. The quantitative estimate of drug-likeness (QED) is 0.790. The zero-order chi connectivity index (χ0) is 16.3. The standard InChI is InChI=1S/C13H18F3N3OS/c1-8(2)19-12(3,11(17)20)7-21-10-5-4-9(6-18-10)13(14,15)16/h4-6,8,19H,7H2,1-3H3,(H2,17,20). The van der Waals surface area contributed by atoms with Crippen LogP contribution in [0.5, 0.6) is 0 Å². The molecule has 0 saturated heterocycles. The van der Waals surface area contributed by atoms with Crippen molar-refractivity contribution in [1.82, 2.24) is 10.3 Å². The number of hydrogen-bond acceptors (Lipinski definition) is 4. The fourth-order valence-corrected chi connectivity index (χ4v) is 2.63. The van der Waals surface area contributed by atoms with Gasteiger partial charge in [0.1, 0.15) is 5.54 Å². The normalized spacial score (nSPS) is 15.0. The predicted molar refractivity (Wildman–Crippen MR) is 75.8 cm³/mol. The van der Waals surface area contributed by atoms with E-state index in [1.54, 1.807) is 6.92 Å². The Morgan fingerprint density at radius 1 is 1.43 bits per heavy atom. The van der Waals surface area contributed by atoms with E-state index < -0.39 is 23.2 Å². The number of carbonyl (C=O) groups excluding carboxylic acids is 1. The Morgan fingerprint density at radius 3 is 2.43 bits per heavy atom. The van der Waals surface area contributed by atoms with Crippen LogP contribution in [0, 0.1) is 0 Å². The van der Waals surface area contributed by atoms with E-state index >= 15 is 0 Å². The maximum absolute atomic E-state index is 12.4. The van der Waals surface area contributed by atoms with Crippen LogP contribution in [0.15, 0.2) is 23.4 Å². The Balaban J connectivity index is 2.75. The lowest BCUT2D eigenvalue weighted by atomic mass is 10.0. The average molecular weight is 321 g/mol. The lowest BCUT2D eigenvalue weighted by Crippen LogP contribution is -2.57. The van der Waals surface area contributed by atoms with Crippen molar-refractivity contribution in [2.75, 3.05) is 5.75 Å². The molecule has 1 heterocycles. The van der Waals surface area contributed by atoms with Crippen LogP contribution < -0.4 is 11.1 Å². The minimum atomic E-state index is -4.41. The monoisotopic (exact) mass is 321 g/mol. The first kappa shape index (κ1) is 17.8. The van der Waals surface area contributed by atoms with E-state index in [0.717, 1.165) is 12.3 Å². The van der Waals surface area contributed by atoms with Crippen LogP contribution in [0.1, 0.15) is 26.3 Å². The summed E-state index contributed by atoms with van der Waals surface area (Å²) in [5.41, 5.74) is 3.62. The Bertz CT molecular complexity index is 490. The van der Waals surface area contributed by atoms with Crippen LogP contribution in [0.4, 0.5) is 13.2 Å². The zero-order valence-corrected chi connectivity index (χ0v) is 12.8. The number of hydrogen-bond donors (Lipinski definition) is 2. The van der Waals surface area contributed by atoms with Crippen molar-refractivity contribution in [1.29, 1.82) is 0 Å². The van der Waals surface area contributed by atoms with Gasteiger partial charge in [0.25, 0.3) is 0 Å². The number of thioether (sulfide) groups is 1. The molecule has 1 aromatic heterocycles. The minimum Gasteiger partial charge on any atom is -0.368 e. The Kier molecular flexibility index (Phi) is 5.63. The number of nitrogens with zero attached hydrogens (tertiary/aromatic N) is 1. The van der Waals surface area contributed by atoms with E-state index in [2.05, 4.69) is 10.3 Å². The molecule has 0 bridgehead atoms. The number of aromatic nitrogens is 1. The molecule has 8 heteroatoms. The van der Waals surface area contributed by atoms with Gasteiger partial charge in [0.2, 0.25) is 5.91 Å². The van der Waals surface area contributed by atoms with Gasteiger partial charge in [-0.2, -0.15) is 13.2 Å². The van der Waals surface area contributed by atoms with Crippen LogP contribution in [0.3, 0.4) is 0 Å². The van der Waals surface area contributed by atoms with Gasteiger partial charge in [-0.05, 0) is 32.9 Å². The average Bonchev–Trinajstić information content (AvgIpc) is 2.35. The molecule has 0 aliphatic rings. The zero-order valence-electron chi connectivity index (χ0n) is 12.0. The molecule has 0 radical (unpaired) electrons. The van der Waals surface area contributed by atoms with Gasteiger partial charge in [0.05, 0.1) is 10.6 Å². The fraction of sp³-hybridized carbons (Fsp3) is 0.538. The van der Waals surface area contributed by atoms with Gasteiger partial charge in [-0.25, -0.2) is 4.98 Å². The number of amides is 1. The van der Waals surface area contributed by atoms with Crippen LogP contribution in [-0.4, -0.2) is 28.2 Å². The number of rotatable bonds is 6. The molecule has 21 heavy (non-hydrogen) atoms. The highest BCUT2D eigenvalue weighted by Crippen LogP contribution is 2.30. The maximum Gasteiger partial charge on any atom is 0.417 e. The molecule has 0 aromatic carbocycles. The van der Waals surface area contributed by atoms with Gasteiger partial charge in [-0.15, -0.1) is 11.8 Å². The third kappa shape index (κ3) is 5.20. The van der Waals surface area contributed by atoms with Gasteiger partial charge in [0.15, 0.2) is 0 Å². The summed E-state index contributed by atoms with van der Waals surface area (Å²) in [4.78, 5) is 15.3. The maximum atomic E-state index is 12.4. The number of carbonyl (C=O) groups is 1. The summed E-state index contributed by atoms with van der Waals surface area (Å²) in [5.74, 6) is -0.241. The van der Waals surface area contributed by atoms with Crippen molar-refractivity contribution in [3.63, 3.8) is 0 Å². The Morgan fingerprint density at radius 2 is 2.05 bits per heavy atom. The molecule has 3 N–H and O–H groups in total. The summed E-state index contributed by atoms with van der Waals surface area (Å²) in [5, 5.41) is 3.46. The first-order chi connectivity index (χ1) is 9.54. The molecule has 0 aliphatic carbocycles. The van der Waals surface area contributed by atoms with Crippen molar-refractivity contribution >= 4 is 17.7 Å². The van der Waals surface area contributed by atoms with Crippen molar-refractivity contribution in [2.24, 2.45) is 5.73 Å². The molecular weight excluding hydrogens is 303 g/mol. The lowest BCUT2D eigenvalue weighted by Gasteiger charge is -2.29. The molecule has 1 amide bonds. The Hall–Kier alpha value is -1.28. The van der Waals surface area contributed by atoms with Crippen LogP contribution >= 0.6 is 11.8 Å². The molecule has 1 aromatic rings. The fourth-order valence-electron chi connectivity index (χ4n) is 1.67. The molecule has 0 saturated carbocycles. The summed E-state index contributed by atoms with van der Waals surface area (Å²) >= 11 is 1.18. The van der Waals surface area contributed by atoms with E-state index in [9.17, 15) is 18.0 Å². The van der Waals surface area contributed by atoms with E-state index in [1.807, 2.05) is 13.8 Å². The summed E-state index contributed by atoms with van der Waals surface area (Å²) in [6.45, 7) is 5.41. The highest BCUT2D eigenvalue weighted by Gasteiger charge is 2.33. The van der Waals surface area contributed by atoms with Crippen molar-refractivity contribution in [3.8, 4) is 0 Å². The SMILES string of the molecule is CC(C)NC(C)(CSc1ccc(C(F)(F)F)cn1)C(N)=O. The second-order valence-electron chi connectivity index (χ2n) is 5.17. The number of halogens is 3. The van der Waals surface area contributed by atoms with Gasteiger partial charge in [0, 0.05) is 18.0 Å². The number of nitrogens with one attached hydrogen (secondary N) is 1. The number of primary amides is 1. The van der Waals surface area contributed by atoms with Crippen LogP contribution in [-0.2, 0) is 11.0 Å². The first-order valence-electron chi connectivity index (χ1n) is 6.28. The van der Waals surface area contributed by atoms with E-state index in [0.29, 0.717) is 5.03 Å². The summed E-state index contributed by atoms with van der Waals surface area (Å²) in [6.07, 6.45) is -3.63. The van der Waals surface area contributed by atoms with Crippen LogP contribution in [0.2, 0.25) is 0 Å². The molecule has 1 atom stereocenters. The molecule has 0 aliphatic heterocycles. The van der Waals surface area contributed by atoms with Gasteiger partial charge in [-0.1, -0.05) is 0 Å². The number of pyridine rings is 1. The topological polar surface area (TPSA) is 68.0 Å². The Labute approximate surface area is 125 Å². The number of alkyl halides is 3. The van der Waals surface area contributed by atoms with Gasteiger partial charge < -0.3 is 11.1 Å². The largest absolute Gasteiger partial charge is 0.417 e. The predicted octanol–water partition coefficient (Wildman–Crippen LogP) is 2.43.